The molecule has 1 saturated carbocycles. The molecule has 1 aliphatic carbocycles. The number of hydrogen-bond acceptors (Lipinski definition) is 3. The van der Waals surface area contributed by atoms with Crippen molar-refractivity contribution in [3.63, 3.8) is 0 Å². The fraction of sp³-hybridized carbons (Fsp3) is 1.00. The van der Waals surface area contributed by atoms with Crippen LogP contribution in [0.4, 0.5) is 0 Å². The molecule has 0 spiro atoms. The number of hydrogen-bond donors (Lipinski definition) is 0. The van der Waals surface area contributed by atoms with Crippen LogP contribution in [0, 0.1) is 0 Å². The fourth-order valence-corrected chi connectivity index (χ4v) is 2.50. The molecule has 0 amide bonds. The maximum absolute atomic E-state index is 5.29. The first kappa shape index (κ1) is 9.13. The number of rotatable bonds is 3. The lowest BCUT2D eigenvalue weighted by atomic mass is 10.2. The smallest absolute Gasteiger partial charge is 0.0936 e. The number of nitrogens with zero attached hydrogens (tertiary/aromatic N) is 2. The van der Waals surface area contributed by atoms with E-state index < -0.39 is 0 Å². The molecule has 80 valence electrons. The van der Waals surface area contributed by atoms with E-state index in [4.69, 9.17) is 4.74 Å². The van der Waals surface area contributed by atoms with E-state index in [1.165, 1.54) is 39.0 Å². The van der Waals surface area contributed by atoms with E-state index in [-0.39, 0.29) is 0 Å². The summed E-state index contributed by atoms with van der Waals surface area (Å²) in [5, 5.41) is 0. The summed E-state index contributed by atoms with van der Waals surface area (Å²) in [5.74, 6) is 0. The summed E-state index contributed by atoms with van der Waals surface area (Å²) in [6.45, 7) is 8.32. The van der Waals surface area contributed by atoms with Gasteiger partial charge in [0.25, 0.3) is 0 Å². The molecular weight excluding hydrogens is 176 g/mol. The topological polar surface area (TPSA) is 19.0 Å². The van der Waals surface area contributed by atoms with E-state index in [9.17, 15) is 0 Å². The molecule has 0 N–H and O–H groups in total. The Balaban J connectivity index is 1.51. The monoisotopic (exact) mass is 196 g/mol. The third-order valence-electron chi connectivity index (χ3n) is 3.70. The van der Waals surface area contributed by atoms with Crippen LogP contribution >= 0.6 is 0 Å². The van der Waals surface area contributed by atoms with Gasteiger partial charge in [-0.25, -0.2) is 0 Å². The second-order valence-electron chi connectivity index (χ2n) is 5.03. The van der Waals surface area contributed by atoms with E-state index in [1.807, 2.05) is 0 Å². The molecule has 3 nitrogen and oxygen atoms in total. The van der Waals surface area contributed by atoms with Crippen LogP contribution in [-0.4, -0.2) is 60.8 Å². The lowest BCUT2D eigenvalue weighted by Crippen LogP contribution is -2.53. The van der Waals surface area contributed by atoms with Gasteiger partial charge in [-0.1, -0.05) is 0 Å². The molecule has 0 aromatic rings. The van der Waals surface area contributed by atoms with Gasteiger partial charge in [-0.2, -0.15) is 0 Å². The third kappa shape index (κ3) is 1.95. The molecule has 3 aliphatic rings. The van der Waals surface area contributed by atoms with Crippen LogP contribution in [0.15, 0.2) is 0 Å². The number of ether oxygens (including phenoxy) is 1. The molecule has 14 heavy (non-hydrogen) atoms. The molecule has 0 aromatic heterocycles. The SMILES string of the molecule is CC1CN(C2CC2)CCN1C[C@H]1CO1. The van der Waals surface area contributed by atoms with Crippen molar-refractivity contribution in [3.05, 3.63) is 0 Å². The largest absolute Gasteiger partial charge is 0.372 e. The molecule has 0 bridgehead atoms. The standard InChI is InChI=1S/C11H20N2O/c1-9-6-13(10-2-3-10)5-4-12(9)7-11-8-14-11/h9-11H,2-8H2,1H3/t9?,11-/m0/s1. The quantitative estimate of drug-likeness (QED) is 0.615. The van der Waals surface area contributed by atoms with Crippen molar-refractivity contribution in [1.82, 2.24) is 9.80 Å². The lowest BCUT2D eigenvalue weighted by molar-refractivity contribution is 0.0730. The highest BCUT2D eigenvalue weighted by atomic mass is 16.6. The minimum absolute atomic E-state index is 0.560. The van der Waals surface area contributed by atoms with Crippen LogP contribution in [-0.2, 0) is 4.74 Å². The highest BCUT2D eigenvalue weighted by molar-refractivity contribution is 4.91. The summed E-state index contributed by atoms with van der Waals surface area (Å²) >= 11 is 0. The second kappa shape index (κ2) is 3.47. The minimum atomic E-state index is 0.560. The van der Waals surface area contributed by atoms with Crippen molar-refractivity contribution in [3.8, 4) is 0 Å². The normalized spacial score (nSPS) is 40.1. The first-order chi connectivity index (χ1) is 6.83. The van der Waals surface area contributed by atoms with Crippen molar-refractivity contribution in [1.29, 1.82) is 0 Å². The Bertz CT molecular complexity index is 213. The van der Waals surface area contributed by atoms with Gasteiger partial charge >= 0.3 is 0 Å². The van der Waals surface area contributed by atoms with E-state index in [0.29, 0.717) is 6.10 Å². The summed E-state index contributed by atoms with van der Waals surface area (Å²) < 4.78 is 5.29. The van der Waals surface area contributed by atoms with Gasteiger partial charge in [-0.3, -0.25) is 9.80 Å². The molecule has 0 aromatic carbocycles. The second-order valence-corrected chi connectivity index (χ2v) is 5.03. The molecule has 1 unspecified atom stereocenters. The third-order valence-corrected chi connectivity index (χ3v) is 3.70. The highest BCUT2D eigenvalue weighted by Gasteiger charge is 2.35. The Hall–Kier alpha value is -0.120. The highest BCUT2D eigenvalue weighted by Crippen LogP contribution is 2.29. The molecule has 3 fully saturated rings. The summed E-state index contributed by atoms with van der Waals surface area (Å²) in [6, 6.07) is 1.67. The Morgan fingerprint density at radius 1 is 1.29 bits per heavy atom. The number of piperazine rings is 1. The molecule has 2 heterocycles. The summed E-state index contributed by atoms with van der Waals surface area (Å²) in [5.41, 5.74) is 0. The summed E-state index contributed by atoms with van der Waals surface area (Å²) in [6.07, 6.45) is 3.45. The van der Waals surface area contributed by atoms with Gasteiger partial charge in [-0.05, 0) is 19.8 Å². The van der Waals surface area contributed by atoms with Crippen molar-refractivity contribution in [2.45, 2.75) is 38.0 Å². The molecule has 0 radical (unpaired) electrons. The van der Waals surface area contributed by atoms with Gasteiger partial charge in [0.05, 0.1) is 12.7 Å². The van der Waals surface area contributed by atoms with Gasteiger partial charge in [0.1, 0.15) is 0 Å². The molecule has 2 atom stereocenters. The average Bonchev–Trinajstić information content (AvgIpc) is 3.02. The van der Waals surface area contributed by atoms with Crippen LogP contribution in [0.5, 0.6) is 0 Å². The lowest BCUT2D eigenvalue weighted by Gasteiger charge is -2.39. The Morgan fingerprint density at radius 2 is 2.07 bits per heavy atom. The molecule has 3 rings (SSSR count). The fourth-order valence-electron chi connectivity index (χ4n) is 2.50. The van der Waals surface area contributed by atoms with Crippen LogP contribution in [0.2, 0.25) is 0 Å². The summed E-state index contributed by atoms with van der Waals surface area (Å²) in [4.78, 5) is 5.27. The van der Waals surface area contributed by atoms with Crippen LogP contribution in [0.1, 0.15) is 19.8 Å². The zero-order valence-electron chi connectivity index (χ0n) is 8.98. The summed E-state index contributed by atoms with van der Waals surface area (Å²) in [7, 11) is 0. The van der Waals surface area contributed by atoms with E-state index in [1.54, 1.807) is 0 Å². The predicted molar refractivity (Wildman–Crippen MR) is 55.4 cm³/mol. The van der Waals surface area contributed by atoms with E-state index in [0.717, 1.165) is 18.7 Å². The Kier molecular flexibility index (Phi) is 2.26. The first-order valence-corrected chi connectivity index (χ1v) is 5.92. The molecule has 2 saturated heterocycles. The van der Waals surface area contributed by atoms with E-state index in [2.05, 4.69) is 16.7 Å². The zero-order valence-corrected chi connectivity index (χ0v) is 8.98. The maximum atomic E-state index is 5.29. The van der Waals surface area contributed by atoms with Gasteiger partial charge in [-0.15, -0.1) is 0 Å². The molecule has 3 heteroatoms. The average molecular weight is 196 g/mol. The van der Waals surface area contributed by atoms with Gasteiger partial charge in [0, 0.05) is 38.3 Å². The number of epoxide rings is 1. The van der Waals surface area contributed by atoms with Crippen molar-refractivity contribution in [2.75, 3.05) is 32.8 Å². The first-order valence-electron chi connectivity index (χ1n) is 5.92. The van der Waals surface area contributed by atoms with Crippen molar-refractivity contribution in [2.24, 2.45) is 0 Å². The van der Waals surface area contributed by atoms with Crippen LogP contribution in [0.3, 0.4) is 0 Å². The van der Waals surface area contributed by atoms with Gasteiger partial charge in [0.15, 0.2) is 0 Å². The van der Waals surface area contributed by atoms with Gasteiger partial charge < -0.3 is 4.74 Å². The molecular formula is C11H20N2O. The van der Waals surface area contributed by atoms with Crippen molar-refractivity contribution >= 4 is 0 Å². The Labute approximate surface area is 86.0 Å². The predicted octanol–water partition coefficient (Wildman–Crippen LogP) is 0.554. The van der Waals surface area contributed by atoms with Gasteiger partial charge in [0.2, 0.25) is 0 Å². The minimum Gasteiger partial charge on any atom is -0.372 e. The van der Waals surface area contributed by atoms with Crippen molar-refractivity contribution < 1.29 is 4.74 Å². The van der Waals surface area contributed by atoms with Crippen LogP contribution in [0.25, 0.3) is 0 Å². The Morgan fingerprint density at radius 3 is 2.64 bits per heavy atom. The zero-order chi connectivity index (χ0) is 9.54. The molecule has 2 aliphatic heterocycles. The van der Waals surface area contributed by atoms with E-state index >= 15 is 0 Å². The maximum Gasteiger partial charge on any atom is 0.0936 e. The van der Waals surface area contributed by atoms with Crippen LogP contribution < -0.4 is 0 Å².